The predicted octanol–water partition coefficient (Wildman–Crippen LogP) is 5.36. The van der Waals surface area contributed by atoms with E-state index in [-0.39, 0.29) is 12.0 Å². The number of piperazine rings is 1. The van der Waals surface area contributed by atoms with E-state index in [1.54, 1.807) is 11.3 Å². The van der Waals surface area contributed by atoms with E-state index in [0.29, 0.717) is 5.91 Å². The molecule has 7 heteroatoms. The number of carbonyl (C=O) groups excluding carboxylic acids is 1. The Morgan fingerprint density at radius 3 is 1.95 bits per heavy atom. The minimum absolute atomic E-state index is 0.0928. The molecule has 4 aromatic rings. The molecule has 0 unspecified atom stereocenters. The zero-order valence-electron chi connectivity index (χ0n) is 21.5. The van der Waals surface area contributed by atoms with Crippen LogP contribution in [0.3, 0.4) is 0 Å². The lowest BCUT2D eigenvalue weighted by Gasteiger charge is -2.41. The lowest BCUT2D eigenvalue weighted by Crippen LogP contribution is -2.52. The molecule has 2 saturated heterocycles. The molecule has 0 bridgehead atoms. The third-order valence-electron chi connectivity index (χ3n) is 7.81. The molecule has 0 atom stereocenters. The van der Waals surface area contributed by atoms with Crippen LogP contribution in [0.1, 0.15) is 30.0 Å². The van der Waals surface area contributed by atoms with Crippen molar-refractivity contribution in [2.45, 2.75) is 18.9 Å². The summed E-state index contributed by atoms with van der Waals surface area (Å²) in [6, 6.07) is 29.8. The first-order valence-corrected chi connectivity index (χ1v) is 14.4. The van der Waals surface area contributed by atoms with Crippen LogP contribution in [-0.2, 0) is 4.79 Å². The highest BCUT2D eigenvalue weighted by molar-refractivity contribution is 7.13. The van der Waals surface area contributed by atoms with Crippen LogP contribution in [-0.4, -0.2) is 65.2 Å². The summed E-state index contributed by atoms with van der Waals surface area (Å²) in [6.45, 7) is 5.01. The smallest absolute Gasteiger partial charge is 0.225 e. The molecule has 6 nitrogen and oxygen atoms in total. The highest BCUT2D eigenvalue weighted by Gasteiger charge is 2.33. The van der Waals surface area contributed by atoms with Crippen LogP contribution < -0.4 is 4.90 Å². The number of carbonyl (C=O) groups is 1. The van der Waals surface area contributed by atoms with Crippen LogP contribution in [0.25, 0.3) is 10.6 Å². The summed E-state index contributed by atoms with van der Waals surface area (Å²) in [6.07, 6.45) is 1.73. The Hall–Kier alpha value is -3.55. The second-order valence-corrected chi connectivity index (χ2v) is 11.0. The van der Waals surface area contributed by atoms with E-state index < -0.39 is 0 Å². The molecule has 0 N–H and O–H groups in total. The Kier molecular flexibility index (Phi) is 7.47. The molecule has 4 heterocycles. The number of thiophene rings is 1. The van der Waals surface area contributed by atoms with Gasteiger partial charge in [0.1, 0.15) is 5.69 Å². The number of hydrogen-bond acceptors (Lipinski definition) is 6. The van der Waals surface area contributed by atoms with E-state index >= 15 is 0 Å². The van der Waals surface area contributed by atoms with Crippen molar-refractivity contribution in [2.24, 2.45) is 5.92 Å². The van der Waals surface area contributed by atoms with Gasteiger partial charge in [0.05, 0.1) is 10.9 Å². The number of rotatable bonds is 6. The summed E-state index contributed by atoms with van der Waals surface area (Å²) in [7, 11) is 0. The lowest BCUT2D eigenvalue weighted by molar-refractivity contribution is -0.138. The van der Waals surface area contributed by atoms with Crippen molar-refractivity contribution >= 4 is 23.1 Å². The maximum absolute atomic E-state index is 13.5. The van der Waals surface area contributed by atoms with E-state index in [9.17, 15) is 4.79 Å². The van der Waals surface area contributed by atoms with Crippen LogP contribution in [0, 0.1) is 5.92 Å². The molecular weight excluding hydrogens is 490 g/mol. The van der Waals surface area contributed by atoms with Gasteiger partial charge in [-0.3, -0.25) is 9.69 Å². The third-order valence-corrected chi connectivity index (χ3v) is 8.71. The van der Waals surface area contributed by atoms with Crippen molar-refractivity contribution < 1.29 is 4.79 Å². The van der Waals surface area contributed by atoms with Crippen molar-refractivity contribution in [3.8, 4) is 10.6 Å². The fourth-order valence-electron chi connectivity index (χ4n) is 5.75. The molecule has 0 spiro atoms. The monoisotopic (exact) mass is 523 g/mol. The molecule has 2 aliphatic heterocycles. The largest absolute Gasteiger partial charge is 0.355 e. The number of piperidine rings is 1. The standard InChI is InChI=1S/C31H33N5OS/c37-31(26-15-17-34(18-16-26)29-14-13-27(32-33-29)28-12-7-23-38-28)36-21-19-35(20-22-36)30(24-8-3-1-4-9-24)25-10-5-2-6-11-25/h1-14,23,26,30H,15-22H2. The molecule has 0 aliphatic carbocycles. The number of hydrogen-bond donors (Lipinski definition) is 0. The molecule has 2 aliphatic rings. The van der Waals surface area contributed by atoms with Crippen LogP contribution in [0.15, 0.2) is 90.3 Å². The van der Waals surface area contributed by atoms with Crippen molar-refractivity contribution in [1.82, 2.24) is 20.0 Å². The summed E-state index contributed by atoms with van der Waals surface area (Å²) in [4.78, 5) is 21.5. The Morgan fingerprint density at radius 1 is 0.737 bits per heavy atom. The highest BCUT2D eigenvalue weighted by Crippen LogP contribution is 2.31. The average Bonchev–Trinajstić information content (AvgIpc) is 3.54. The first-order chi connectivity index (χ1) is 18.8. The van der Waals surface area contributed by atoms with Gasteiger partial charge < -0.3 is 9.80 Å². The first kappa shape index (κ1) is 24.8. The first-order valence-electron chi connectivity index (χ1n) is 13.5. The summed E-state index contributed by atoms with van der Waals surface area (Å²) >= 11 is 1.67. The Bertz CT molecular complexity index is 1260. The van der Waals surface area contributed by atoms with E-state index in [0.717, 1.165) is 68.5 Å². The van der Waals surface area contributed by atoms with Crippen LogP contribution in [0.4, 0.5) is 5.82 Å². The fraction of sp³-hybridized carbons (Fsp3) is 0.323. The molecule has 2 fully saturated rings. The van der Waals surface area contributed by atoms with Crippen LogP contribution in [0.2, 0.25) is 0 Å². The molecule has 0 saturated carbocycles. The summed E-state index contributed by atoms with van der Waals surface area (Å²) < 4.78 is 0. The van der Waals surface area contributed by atoms with E-state index in [4.69, 9.17) is 0 Å². The number of amides is 1. The fourth-order valence-corrected chi connectivity index (χ4v) is 6.44. The van der Waals surface area contributed by atoms with Gasteiger partial charge in [-0.15, -0.1) is 21.5 Å². The van der Waals surface area contributed by atoms with E-state index in [1.165, 1.54) is 11.1 Å². The lowest BCUT2D eigenvalue weighted by atomic mass is 9.94. The number of aromatic nitrogens is 2. The second-order valence-electron chi connectivity index (χ2n) is 10.1. The summed E-state index contributed by atoms with van der Waals surface area (Å²) in [5.74, 6) is 1.31. The van der Waals surface area contributed by atoms with Gasteiger partial charge in [-0.1, -0.05) is 66.7 Å². The molecule has 6 rings (SSSR count). The molecule has 38 heavy (non-hydrogen) atoms. The van der Waals surface area contributed by atoms with Crippen LogP contribution >= 0.6 is 11.3 Å². The van der Waals surface area contributed by atoms with Crippen LogP contribution in [0.5, 0.6) is 0 Å². The Labute approximate surface area is 228 Å². The molecular formula is C31H33N5OS. The normalized spacial score (nSPS) is 17.2. The van der Waals surface area contributed by atoms with Gasteiger partial charge in [0.2, 0.25) is 5.91 Å². The zero-order valence-corrected chi connectivity index (χ0v) is 22.3. The molecule has 194 valence electrons. The van der Waals surface area contributed by atoms with Crippen molar-refractivity contribution in [3.05, 3.63) is 101 Å². The maximum atomic E-state index is 13.5. The van der Waals surface area contributed by atoms with Crippen molar-refractivity contribution in [2.75, 3.05) is 44.2 Å². The number of nitrogens with zero attached hydrogens (tertiary/aromatic N) is 5. The van der Waals surface area contributed by atoms with Gasteiger partial charge in [-0.25, -0.2) is 0 Å². The van der Waals surface area contributed by atoms with Gasteiger partial charge in [-0.05, 0) is 47.5 Å². The van der Waals surface area contributed by atoms with Gasteiger partial charge in [0.15, 0.2) is 5.82 Å². The van der Waals surface area contributed by atoms with E-state index in [2.05, 4.69) is 103 Å². The maximum Gasteiger partial charge on any atom is 0.225 e. The highest BCUT2D eigenvalue weighted by atomic mass is 32.1. The second kappa shape index (κ2) is 11.5. The number of benzene rings is 2. The van der Waals surface area contributed by atoms with Crippen molar-refractivity contribution in [1.29, 1.82) is 0 Å². The van der Waals surface area contributed by atoms with Gasteiger partial charge in [0.25, 0.3) is 0 Å². The number of anilines is 1. The van der Waals surface area contributed by atoms with Gasteiger partial charge >= 0.3 is 0 Å². The Balaban J connectivity index is 1.04. The van der Waals surface area contributed by atoms with Gasteiger partial charge in [-0.2, -0.15) is 0 Å². The summed E-state index contributed by atoms with van der Waals surface area (Å²) in [5, 5.41) is 11.0. The summed E-state index contributed by atoms with van der Waals surface area (Å²) in [5.41, 5.74) is 3.52. The van der Waals surface area contributed by atoms with E-state index in [1.807, 2.05) is 12.1 Å². The molecule has 0 radical (unpaired) electrons. The minimum Gasteiger partial charge on any atom is -0.355 e. The quantitative estimate of drug-likeness (QED) is 0.341. The third kappa shape index (κ3) is 5.35. The average molecular weight is 524 g/mol. The van der Waals surface area contributed by atoms with Gasteiger partial charge in [0, 0.05) is 45.2 Å². The minimum atomic E-state index is 0.0928. The Morgan fingerprint density at radius 2 is 1.39 bits per heavy atom. The zero-order chi connectivity index (χ0) is 25.7. The SMILES string of the molecule is O=C(C1CCN(c2ccc(-c3cccs3)nn2)CC1)N1CCN(C(c2ccccc2)c2ccccc2)CC1. The molecule has 2 aromatic carbocycles. The van der Waals surface area contributed by atoms with Crippen molar-refractivity contribution in [3.63, 3.8) is 0 Å². The molecule has 2 aromatic heterocycles. The predicted molar refractivity (Wildman–Crippen MR) is 153 cm³/mol. The molecule has 1 amide bonds. The topological polar surface area (TPSA) is 52.6 Å².